The summed E-state index contributed by atoms with van der Waals surface area (Å²) in [7, 11) is 0. The van der Waals surface area contributed by atoms with Gasteiger partial charge in [0.2, 0.25) is 0 Å². The van der Waals surface area contributed by atoms with Crippen LogP contribution in [-0.4, -0.2) is 4.98 Å². The molecule has 0 spiro atoms. The van der Waals surface area contributed by atoms with Gasteiger partial charge in [-0.2, -0.15) is 0 Å². The van der Waals surface area contributed by atoms with E-state index in [1.54, 1.807) is 11.8 Å². The molecule has 3 heteroatoms. The molecular formula is C17H16N2S. The van der Waals surface area contributed by atoms with Crippen LogP contribution >= 0.6 is 11.8 Å². The van der Waals surface area contributed by atoms with Crippen LogP contribution in [0.3, 0.4) is 0 Å². The van der Waals surface area contributed by atoms with Crippen molar-refractivity contribution >= 4 is 28.4 Å². The normalized spacial score (nSPS) is 10.8. The number of para-hydroxylation sites is 2. The molecule has 0 fully saturated rings. The van der Waals surface area contributed by atoms with Crippen LogP contribution in [0.4, 0.5) is 5.69 Å². The number of nitrogens with two attached hydrogens (primary N) is 1. The van der Waals surface area contributed by atoms with Crippen LogP contribution in [0.5, 0.6) is 0 Å². The van der Waals surface area contributed by atoms with Gasteiger partial charge in [0.15, 0.2) is 0 Å². The van der Waals surface area contributed by atoms with Gasteiger partial charge < -0.3 is 5.73 Å². The zero-order valence-corrected chi connectivity index (χ0v) is 12.2. The van der Waals surface area contributed by atoms with E-state index < -0.39 is 0 Å². The Morgan fingerprint density at radius 2 is 1.85 bits per heavy atom. The van der Waals surface area contributed by atoms with E-state index in [-0.39, 0.29) is 0 Å². The van der Waals surface area contributed by atoms with E-state index in [0.717, 1.165) is 27.4 Å². The summed E-state index contributed by atoms with van der Waals surface area (Å²) in [6.07, 6.45) is 1.84. The summed E-state index contributed by atoms with van der Waals surface area (Å²) in [6, 6.07) is 16.5. The van der Waals surface area contributed by atoms with Crippen LogP contribution in [0, 0.1) is 6.92 Å². The summed E-state index contributed by atoms with van der Waals surface area (Å²) in [5, 5.41) is 1.18. The van der Waals surface area contributed by atoms with E-state index in [0.29, 0.717) is 0 Å². The fourth-order valence-corrected chi connectivity index (χ4v) is 3.25. The van der Waals surface area contributed by atoms with E-state index in [1.165, 1.54) is 10.9 Å². The quantitative estimate of drug-likeness (QED) is 0.570. The Kier molecular flexibility index (Phi) is 3.61. The number of aromatic nitrogens is 1. The molecule has 0 atom stereocenters. The Labute approximate surface area is 123 Å². The second-order valence-electron chi connectivity index (χ2n) is 4.77. The van der Waals surface area contributed by atoms with Gasteiger partial charge in [0.05, 0.1) is 5.52 Å². The largest absolute Gasteiger partial charge is 0.398 e. The fraction of sp³-hybridized carbons (Fsp3) is 0.118. The number of hydrogen-bond acceptors (Lipinski definition) is 3. The summed E-state index contributed by atoms with van der Waals surface area (Å²) >= 11 is 1.76. The highest BCUT2D eigenvalue weighted by Gasteiger charge is 2.05. The SMILES string of the molecule is Cc1cccc(SCc2cccc3cccnc23)c1N. The number of rotatable bonds is 3. The van der Waals surface area contributed by atoms with Gasteiger partial charge in [-0.05, 0) is 30.2 Å². The standard InChI is InChI=1S/C17H16N2S/c1-12-5-2-9-15(16(12)18)20-11-14-7-3-6-13-8-4-10-19-17(13)14/h2-10H,11,18H2,1H3. The lowest BCUT2D eigenvalue weighted by Gasteiger charge is -2.09. The Balaban J connectivity index is 1.89. The maximum absolute atomic E-state index is 6.12. The van der Waals surface area contributed by atoms with Crippen LogP contribution in [0.1, 0.15) is 11.1 Å². The Morgan fingerprint density at radius 1 is 1.05 bits per heavy atom. The maximum Gasteiger partial charge on any atom is 0.0742 e. The molecule has 0 radical (unpaired) electrons. The molecule has 0 aliphatic rings. The number of aryl methyl sites for hydroxylation is 1. The number of nitrogen functional groups attached to an aromatic ring is 1. The maximum atomic E-state index is 6.12. The lowest BCUT2D eigenvalue weighted by molar-refractivity contribution is 1.33. The van der Waals surface area contributed by atoms with Crippen LogP contribution in [0.2, 0.25) is 0 Å². The Hall–Kier alpha value is -2.00. The van der Waals surface area contributed by atoms with Crippen molar-refractivity contribution in [3.8, 4) is 0 Å². The molecule has 3 aromatic rings. The van der Waals surface area contributed by atoms with Gasteiger partial charge in [-0.15, -0.1) is 11.8 Å². The highest BCUT2D eigenvalue weighted by Crippen LogP contribution is 2.31. The molecule has 0 bridgehead atoms. The minimum Gasteiger partial charge on any atom is -0.398 e. The molecule has 100 valence electrons. The van der Waals surface area contributed by atoms with E-state index in [1.807, 2.05) is 25.3 Å². The topological polar surface area (TPSA) is 38.9 Å². The molecule has 1 heterocycles. The number of nitrogens with zero attached hydrogens (tertiary/aromatic N) is 1. The van der Waals surface area contributed by atoms with Gasteiger partial charge in [-0.3, -0.25) is 4.98 Å². The third kappa shape index (κ3) is 2.49. The minimum absolute atomic E-state index is 0.877. The smallest absolute Gasteiger partial charge is 0.0742 e. The molecule has 2 nitrogen and oxygen atoms in total. The van der Waals surface area contributed by atoms with Crippen molar-refractivity contribution in [2.75, 3.05) is 5.73 Å². The van der Waals surface area contributed by atoms with Crippen molar-refractivity contribution in [1.82, 2.24) is 4.98 Å². The third-order valence-corrected chi connectivity index (χ3v) is 4.51. The van der Waals surface area contributed by atoms with Gasteiger partial charge in [0, 0.05) is 27.9 Å². The molecule has 1 aromatic heterocycles. The van der Waals surface area contributed by atoms with E-state index in [2.05, 4.69) is 41.4 Å². The molecule has 20 heavy (non-hydrogen) atoms. The van der Waals surface area contributed by atoms with Gasteiger partial charge in [-0.1, -0.05) is 36.4 Å². The average Bonchev–Trinajstić information content (AvgIpc) is 2.49. The predicted octanol–water partition coefficient (Wildman–Crippen LogP) is 4.42. The van der Waals surface area contributed by atoms with E-state index in [4.69, 9.17) is 5.73 Å². The Morgan fingerprint density at radius 3 is 2.75 bits per heavy atom. The first kappa shape index (κ1) is 13.0. The first-order chi connectivity index (χ1) is 9.75. The molecule has 0 amide bonds. The summed E-state index contributed by atoms with van der Waals surface area (Å²) in [5.41, 5.74) is 10.5. The zero-order valence-electron chi connectivity index (χ0n) is 11.3. The lowest BCUT2D eigenvalue weighted by atomic mass is 10.1. The van der Waals surface area contributed by atoms with Gasteiger partial charge in [0.25, 0.3) is 0 Å². The number of benzene rings is 2. The summed E-state index contributed by atoms with van der Waals surface area (Å²) in [5.74, 6) is 0.877. The van der Waals surface area contributed by atoms with Crippen molar-refractivity contribution in [3.05, 3.63) is 65.9 Å². The second-order valence-corrected chi connectivity index (χ2v) is 5.78. The molecule has 2 aromatic carbocycles. The third-order valence-electron chi connectivity index (χ3n) is 3.38. The monoisotopic (exact) mass is 280 g/mol. The summed E-state index contributed by atoms with van der Waals surface area (Å²) in [4.78, 5) is 5.63. The number of hydrogen-bond donors (Lipinski definition) is 1. The number of fused-ring (bicyclic) bond motifs is 1. The molecule has 0 saturated heterocycles. The molecule has 2 N–H and O–H groups in total. The minimum atomic E-state index is 0.877. The van der Waals surface area contributed by atoms with Crippen LogP contribution in [0.25, 0.3) is 10.9 Å². The molecule has 3 rings (SSSR count). The average molecular weight is 280 g/mol. The van der Waals surface area contributed by atoms with Gasteiger partial charge >= 0.3 is 0 Å². The van der Waals surface area contributed by atoms with E-state index in [9.17, 15) is 0 Å². The number of anilines is 1. The molecule has 0 unspecified atom stereocenters. The van der Waals surface area contributed by atoms with Crippen molar-refractivity contribution < 1.29 is 0 Å². The number of thioether (sulfide) groups is 1. The lowest BCUT2D eigenvalue weighted by Crippen LogP contribution is -1.93. The van der Waals surface area contributed by atoms with Gasteiger partial charge in [-0.25, -0.2) is 0 Å². The Bertz CT molecular complexity index is 748. The van der Waals surface area contributed by atoms with Crippen molar-refractivity contribution in [1.29, 1.82) is 0 Å². The second kappa shape index (κ2) is 5.55. The van der Waals surface area contributed by atoms with Crippen molar-refractivity contribution in [2.45, 2.75) is 17.6 Å². The van der Waals surface area contributed by atoms with Gasteiger partial charge in [0.1, 0.15) is 0 Å². The molecule has 0 aliphatic heterocycles. The highest BCUT2D eigenvalue weighted by atomic mass is 32.2. The summed E-state index contributed by atoms with van der Waals surface area (Å²) < 4.78 is 0. The molecule has 0 saturated carbocycles. The molecular weight excluding hydrogens is 264 g/mol. The summed E-state index contributed by atoms with van der Waals surface area (Å²) in [6.45, 7) is 2.04. The van der Waals surface area contributed by atoms with Crippen LogP contribution < -0.4 is 5.73 Å². The van der Waals surface area contributed by atoms with Crippen LogP contribution in [-0.2, 0) is 5.75 Å². The van der Waals surface area contributed by atoms with Crippen LogP contribution in [0.15, 0.2) is 59.6 Å². The first-order valence-corrected chi connectivity index (χ1v) is 7.55. The first-order valence-electron chi connectivity index (χ1n) is 6.56. The molecule has 0 aliphatic carbocycles. The zero-order chi connectivity index (χ0) is 13.9. The van der Waals surface area contributed by atoms with Crippen molar-refractivity contribution in [3.63, 3.8) is 0 Å². The highest BCUT2D eigenvalue weighted by molar-refractivity contribution is 7.98. The van der Waals surface area contributed by atoms with E-state index >= 15 is 0 Å². The predicted molar refractivity (Wildman–Crippen MR) is 86.9 cm³/mol. The van der Waals surface area contributed by atoms with Crippen molar-refractivity contribution in [2.24, 2.45) is 0 Å². The fourth-order valence-electron chi connectivity index (χ4n) is 2.22. The number of pyridine rings is 1.